The Hall–Kier alpha value is -2.37. The van der Waals surface area contributed by atoms with Gasteiger partial charge in [-0.15, -0.1) is 0 Å². The molecule has 0 spiro atoms. The van der Waals surface area contributed by atoms with E-state index >= 15 is 0 Å². The van der Waals surface area contributed by atoms with E-state index in [9.17, 15) is 9.59 Å². The zero-order chi connectivity index (χ0) is 18.7. The zero-order valence-corrected chi connectivity index (χ0v) is 15.2. The van der Waals surface area contributed by atoms with Crippen molar-refractivity contribution in [1.29, 1.82) is 0 Å². The van der Waals surface area contributed by atoms with E-state index in [1.54, 1.807) is 24.3 Å². The van der Waals surface area contributed by atoms with Gasteiger partial charge in [-0.3, -0.25) is 9.59 Å². The maximum absolute atomic E-state index is 12.5. The van der Waals surface area contributed by atoms with Crippen LogP contribution in [0.1, 0.15) is 36.4 Å². The Morgan fingerprint density at radius 2 is 1.58 bits per heavy atom. The normalized spacial score (nSPS) is 16.5. The highest BCUT2D eigenvalue weighted by Crippen LogP contribution is 2.34. The lowest BCUT2D eigenvalue weighted by molar-refractivity contribution is -0.141. The molecule has 1 N–H and O–H groups in total. The summed E-state index contributed by atoms with van der Waals surface area (Å²) >= 11 is 11.9. The highest BCUT2D eigenvalue weighted by atomic mass is 35.5. The van der Waals surface area contributed by atoms with Crippen LogP contribution in [0.3, 0.4) is 0 Å². The van der Waals surface area contributed by atoms with Crippen molar-refractivity contribution in [2.45, 2.75) is 25.3 Å². The van der Waals surface area contributed by atoms with Crippen LogP contribution in [0, 0.1) is 0 Å². The number of carbonyl (C=O) groups excluding carboxylic acids is 1. The van der Waals surface area contributed by atoms with Gasteiger partial charge in [-0.2, -0.15) is 5.10 Å². The molecule has 0 aromatic heterocycles. The molecule has 134 valence electrons. The fourth-order valence-electron chi connectivity index (χ4n) is 2.83. The molecule has 0 saturated heterocycles. The number of rotatable bonds is 5. The van der Waals surface area contributed by atoms with Crippen molar-refractivity contribution in [3.8, 4) is 0 Å². The second-order valence-electron chi connectivity index (χ2n) is 5.96. The molecule has 7 heteroatoms. The van der Waals surface area contributed by atoms with E-state index in [4.69, 9.17) is 28.3 Å². The van der Waals surface area contributed by atoms with E-state index in [1.165, 1.54) is 5.01 Å². The van der Waals surface area contributed by atoms with Crippen molar-refractivity contribution in [1.82, 2.24) is 5.01 Å². The summed E-state index contributed by atoms with van der Waals surface area (Å²) in [7, 11) is 0. The zero-order valence-electron chi connectivity index (χ0n) is 13.7. The van der Waals surface area contributed by atoms with Crippen molar-refractivity contribution < 1.29 is 14.7 Å². The third-order valence-electron chi connectivity index (χ3n) is 4.15. The minimum Gasteiger partial charge on any atom is -0.481 e. The molecule has 3 rings (SSSR count). The predicted octanol–water partition coefficient (Wildman–Crippen LogP) is 4.54. The Morgan fingerprint density at radius 3 is 2.15 bits per heavy atom. The molecular formula is C19H16Cl2N2O3. The van der Waals surface area contributed by atoms with Gasteiger partial charge in [0, 0.05) is 22.9 Å². The third-order valence-corrected chi connectivity index (χ3v) is 4.65. The molecule has 0 aliphatic carbocycles. The molecule has 1 aliphatic heterocycles. The van der Waals surface area contributed by atoms with Crippen molar-refractivity contribution >= 4 is 40.8 Å². The average molecular weight is 391 g/mol. The van der Waals surface area contributed by atoms with Gasteiger partial charge in [0.15, 0.2) is 0 Å². The number of carboxylic acids is 1. The standard InChI is InChI=1S/C19H16Cl2N2O3/c20-14-5-1-12(2-6-14)16-11-17(13-3-7-15(21)8-4-13)23(22-16)18(24)9-10-19(25)26/h1-8,17H,9-11H2,(H,25,26)/t17-/m0/s1. The highest BCUT2D eigenvalue weighted by molar-refractivity contribution is 6.31. The fraction of sp³-hybridized carbons (Fsp3) is 0.211. The first-order chi connectivity index (χ1) is 12.4. The van der Waals surface area contributed by atoms with Crippen LogP contribution in [0.2, 0.25) is 10.0 Å². The van der Waals surface area contributed by atoms with E-state index in [-0.39, 0.29) is 24.8 Å². The first-order valence-electron chi connectivity index (χ1n) is 8.07. The van der Waals surface area contributed by atoms with E-state index in [0.29, 0.717) is 16.5 Å². The van der Waals surface area contributed by atoms with Crippen LogP contribution in [-0.2, 0) is 9.59 Å². The minimum atomic E-state index is -1.01. The van der Waals surface area contributed by atoms with Crippen LogP contribution in [0.15, 0.2) is 53.6 Å². The molecule has 2 aromatic rings. The molecule has 0 fully saturated rings. The Labute approximate surface area is 160 Å². The number of benzene rings is 2. The number of aliphatic carboxylic acids is 1. The molecule has 0 unspecified atom stereocenters. The molecule has 1 heterocycles. The fourth-order valence-corrected chi connectivity index (χ4v) is 3.08. The summed E-state index contributed by atoms with van der Waals surface area (Å²) in [6.45, 7) is 0. The topological polar surface area (TPSA) is 70.0 Å². The highest BCUT2D eigenvalue weighted by Gasteiger charge is 2.33. The lowest BCUT2D eigenvalue weighted by Gasteiger charge is -2.22. The molecule has 5 nitrogen and oxygen atoms in total. The minimum absolute atomic E-state index is 0.100. The third kappa shape index (κ3) is 4.23. The van der Waals surface area contributed by atoms with E-state index < -0.39 is 5.97 Å². The number of hydrogen-bond acceptors (Lipinski definition) is 3. The van der Waals surface area contributed by atoms with Gasteiger partial charge in [-0.25, -0.2) is 5.01 Å². The van der Waals surface area contributed by atoms with Gasteiger partial charge in [0.1, 0.15) is 0 Å². The number of hydrazone groups is 1. The van der Waals surface area contributed by atoms with Gasteiger partial charge in [-0.1, -0.05) is 47.5 Å². The number of nitrogens with zero attached hydrogens (tertiary/aromatic N) is 2. The van der Waals surface area contributed by atoms with Crippen molar-refractivity contribution in [2.24, 2.45) is 5.10 Å². The smallest absolute Gasteiger partial charge is 0.303 e. The Bertz CT molecular complexity index is 848. The molecular weight excluding hydrogens is 375 g/mol. The average Bonchev–Trinajstić information content (AvgIpc) is 3.06. The summed E-state index contributed by atoms with van der Waals surface area (Å²) in [5.41, 5.74) is 2.53. The Balaban J connectivity index is 1.89. The lowest BCUT2D eigenvalue weighted by Crippen LogP contribution is -2.27. The van der Waals surface area contributed by atoms with Gasteiger partial charge < -0.3 is 5.11 Å². The van der Waals surface area contributed by atoms with E-state index in [2.05, 4.69) is 5.10 Å². The maximum atomic E-state index is 12.5. The molecule has 0 saturated carbocycles. The second-order valence-corrected chi connectivity index (χ2v) is 6.83. The first kappa shape index (κ1) is 18.4. The van der Waals surface area contributed by atoms with Gasteiger partial charge in [0.25, 0.3) is 0 Å². The summed E-state index contributed by atoms with van der Waals surface area (Å²) in [5, 5.41) is 15.9. The van der Waals surface area contributed by atoms with Crippen molar-refractivity contribution in [3.63, 3.8) is 0 Å². The van der Waals surface area contributed by atoms with Crippen LogP contribution in [0.4, 0.5) is 0 Å². The number of halogens is 2. The van der Waals surface area contributed by atoms with Crippen LogP contribution in [-0.4, -0.2) is 27.7 Å². The second kappa shape index (κ2) is 7.89. The lowest BCUT2D eigenvalue weighted by atomic mass is 9.98. The monoisotopic (exact) mass is 390 g/mol. The number of carbonyl (C=O) groups is 2. The SMILES string of the molecule is O=C(O)CCC(=O)N1N=C(c2ccc(Cl)cc2)C[C@H]1c1ccc(Cl)cc1. The number of hydrogen-bond donors (Lipinski definition) is 1. The van der Waals surface area contributed by atoms with E-state index in [0.717, 1.165) is 16.8 Å². The predicted molar refractivity (Wildman–Crippen MR) is 101 cm³/mol. The summed E-state index contributed by atoms with van der Waals surface area (Å²) in [4.78, 5) is 23.3. The Kier molecular flexibility index (Phi) is 5.59. The summed E-state index contributed by atoms with van der Waals surface area (Å²) in [6.07, 6.45) is 0.202. The van der Waals surface area contributed by atoms with Crippen LogP contribution < -0.4 is 0 Å². The Morgan fingerprint density at radius 1 is 1.00 bits per heavy atom. The number of carboxylic acid groups (broad SMARTS) is 1. The summed E-state index contributed by atoms with van der Waals surface area (Å²) in [5.74, 6) is -1.33. The summed E-state index contributed by atoms with van der Waals surface area (Å²) in [6, 6.07) is 14.2. The molecule has 1 amide bonds. The largest absolute Gasteiger partial charge is 0.481 e. The molecule has 26 heavy (non-hydrogen) atoms. The molecule has 0 radical (unpaired) electrons. The van der Waals surface area contributed by atoms with Crippen LogP contribution in [0.25, 0.3) is 0 Å². The van der Waals surface area contributed by atoms with E-state index in [1.807, 2.05) is 24.3 Å². The van der Waals surface area contributed by atoms with Gasteiger partial charge in [0.05, 0.1) is 18.2 Å². The van der Waals surface area contributed by atoms with Crippen molar-refractivity contribution in [2.75, 3.05) is 0 Å². The van der Waals surface area contributed by atoms with Gasteiger partial charge in [0.2, 0.25) is 5.91 Å². The van der Waals surface area contributed by atoms with Gasteiger partial charge >= 0.3 is 5.97 Å². The first-order valence-corrected chi connectivity index (χ1v) is 8.82. The molecule has 2 aromatic carbocycles. The maximum Gasteiger partial charge on any atom is 0.303 e. The molecule has 0 bridgehead atoms. The molecule has 1 atom stereocenters. The number of amides is 1. The molecule has 1 aliphatic rings. The van der Waals surface area contributed by atoms with Crippen LogP contribution in [0.5, 0.6) is 0 Å². The van der Waals surface area contributed by atoms with Crippen molar-refractivity contribution in [3.05, 3.63) is 69.7 Å². The van der Waals surface area contributed by atoms with Crippen LogP contribution >= 0.6 is 23.2 Å². The quantitative estimate of drug-likeness (QED) is 0.814. The van der Waals surface area contributed by atoms with Gasteiger partial charge in [-0.05, 0) is 35.4 Å². The summed E-state index contributed by atoms with van der Waals surface area (Å²) < 4.78 is 0.